The van der Waals surface area contributed by atoms with Crippen LogP contribution >= 0.6 is 11.3 Å². The third kappa shape index (κ3) is 4.76. The van der Waals surface area contributed by atoms with E-state index in [1.807, 2.05) is 11.0 Å². The Labute approximate surface area is 171 Å². The molecule has 1 aliphatic carbocycles. The van der Waals surface area contributed by atoms with Crippen molar-refractivity contribution < 1.29 is 9.53 Å². The van der Waals surface area contributed by atoms with E-state index >= 15 is 0 Å². The van der Waals surface area contributed by atoms with Crippen molar-refractivity contribution >= 4 is 17.4 Å². The molecule has 0 spiro atoms. The van der Waals surface area contributed by atoms with Crippen LogP contribution in [0.3, 0.4) is 0 Å². The molecule has 2 atom stereocenters. The fourth-order valence-corrected chi connectivity index (χ4v) is 4.95. The minimum absolute atomic E-state index is 0.00458. The summed E-state index contributed by atoms with van der Waals surface area (Å²) in [5, 5.41) is 5.29. The number of amides is 2. The average Bonchev–Trinajstić information content (AvgIpc) is 3.41. The van der Waals surface area contributed by atoms with Crippen molar-refractivity contribution in [3.05, 3.63) is 57.3 Å². The van der Waals surface area contributed by atoms with E-state index in [0.717, 1.165) is 25.9 Å². The molecule has 1 saturated heterocycles. The summed E-state index contributed by atoms with van der Waals surface area (Å²) >= 11 is 1.69. The van der Waals surface area contributed by atoms with E-state index in [1.54, 1.807) is 11.3 Å². The predicted octanol–water partition coefficient (Wildman–Crippen LogP) is 5.08. The number of benzene rings is 1. The van der Waals surface area contributed by atoms with Gasteiger partial charge in [0.05, 0.1) is 18.7 Å². The first kappa shape index (κ1) is 19.5. The van der Waals surface area contributed by atoms with Crippen molar-refractivity contribution in [2.24, 2.45) is 0 Å². The highest BCUT2D eigenvalue weighted by Gasteiger charge is 2.24. The van der Waals surface area contributed by atoms with Crippen LogP contribution in [-0.4, -0.2) is 30.2 Å². The van der Waals surface area contributed by atoms with Crippen LogP contribution in [-0.2, 0) is 24.1 Å². The molecule has 2 heterocycles. The molecule has 1 N–H and O–H groups in total. The second kappa shape index (κ2) is 9.10. The number of ether oxygens (including phenoxy) is 1. The van der Waals surface area contributed by atoms with Gasteiger partial charge in [-0.25, -0.2) is 4.79 Å². The topological polar surface area (TPSA) is 41.6 Å². The largest absolute Gasteiger partial charge is 0.376 e. The second-order valence-electron chi connectivity index (χ2n) is 8.00. The summed E-state index contributed by atoms with van der Waals surface area (Å²) in [5.41, 5.74) is 4.13. The highest BCUT2D eigenvalue weighted by atomic mass is 32.1. The smallest absolute Gasteiger partial charge is 0.318 e. The summed E-state index contributed by atoms with van der Waals surface area (Å²) in [5.74, 6) is 0. The SMILES string of the molecule is CC(NC(=O)N(Cc1cccs1)CC1CCCO1)c1ccc2c(c1)CCCC2. The fourth-order valence-electron chi connectivity index (χ4n) is 4.23. The van der Waals surface area contributed by atoms with Crippen LogP contribution in [0.2, 0.25) is 0 Å². The Morgan fingerprint density at radius 3 is 2.86 bits per heavy atom. The first-order valence-electron chi connectivity index (χ1n) is 10.5. The van der Waals surface area contributed by atoms with Crippen LogP contribution in [0.1, 0.15) is 60.2 Å². The number of thiophene rings is 1. The standard InChI is InChI=1S/C23H30N2O2S/c1-17(19-11-10-18-6-2-3-7-20(18)14-19)24-23(26)25(15-21-8-4-12-27-21)16-22-9-5-13-28-22/h5,9-11,13-14,17,21H,2-4,6-8,12,15-16H2,1H3,(H,24,26). The average molecular weight is 399 g/mol. The molecule has 2 amide bonds. The van der Waals surface area contributed by atoms with Crippen molar-refractivity contribution in [2.45, 2.75) is 64.1 Å². The molecule has 150 valence electrons. The summed E-state index contributed by atoms with van der Waals surface area (Å²) in [7, 11) is 0. The third-order valence-electron chi connectivity index (χ3n) is 5.87. The lowest BCUT2D eigenvalue weighted by atomic mass is 9.89. The lowest BCUT2D eigenvalue weighted by molar-refractivity contribution is 0.0792. The Bertz CT molecular complexity index is 784. The zero-order chi connectivity index (χ0) is 19.3. The number of fused-ring (bicyclic) bond motifs is 1. The van der Waals surface area contributed by atoms with Gasteiger partial charge in [-0.15, -0.1) is 11.3 Å². The first-order valence-corrected chi connectivity index (χ1v) is 11.4. The Balaban J connectivity index is 1.43. The normalized spacial score (nSPS) is 19.8. The Morgan fingerprint density at radius 1 is 1.25 bits per heavy atom. The van der Waals surface area contributed by atoms with Gasteiger partial charge in [0.2, 0.25) is 0 Å². The minimum atomic E-state index is -0.00544. The Morgan fingerprint density at radius 2 is 2.11 bits per heavy atom. The summed E-state index contributed by atoms with van der Waals surface area (Å²) in [6.07, 6.45) is 7.19. The number of carbonyl (C=O) groups is 1. The molecule has 5 heteroatoms. The maximum absolute atomic E-state index is 13.1. The molecule has 1 fully saturated rings. The highest BCUT2D eigenvalue weighted by molar-refractivity contribution is 7.09. The van der Waals surface area contributed by atoms with Gasteiger partial charge in [-0.3, -0.25) is 0 Å². The number of urea groups is 1. The third-order valence-corrected chi connectivity index (χ3v) is 6.74. The molecule has 1 aliphatic heterocycles. The van der Waals surface area contributed by atoms with Gasteiger partial charge < -0.3 is 15.0 Å². The van der Waals surface area contributed by atoms with Crippen LogP contribution in [0.25, 0.3) is 0 Å². The highest BCUT2D eigenvalue weighted by Crippen LogP contribution is 2.25. The monoisotopic (exact) mass is 398 g/mol. The number of hydrogen-bond donors (Lipinski definition) is 1. The molecule has 0 saturated carbocycles. The van der Waals surface area contributed by atoms with E-state index in [0.29, 0.717) is 13.1 Å². The van der Waals surface area contributed by atoms with Gasteiger partial charge in [0, 0.05) is 18.0 Å². The molecule has 2 aromatic rings. The van der Waals surface area contributed by atoms with Crippen molar-refractivity contribution in [2.75, 3.05) is 13.2 Å². The molecule has 1 aromatic carbocycles. The van der Waals surface area contributed by atoms with E-state index < -0.39 is 0 Å². The van der Waals surface area contributed by atoms with Crippen molar-refractivity contribution in [3.8, 4) is 0 Å². The second-order valence-corrected chi connectivity index (χ2v) is 9.03. The van der Waals surface area contributed by atoms with Gasteiger partial charge >= 0.3 is 6.03 Å². The molecular weight excluding hydrogens is 368 g/mol. The van der Waals surface area contributed by atoms with E-state index in [4.69, 9.17) is 4.74 Å². The van der Waals surface area contributed by atoms with Gasteiger partial charge in [-0.1, -0.05) is 24.3 Å². The van der Waals surface area contributed by atoms with E-state index in [-0.39, 0.29) is 18.2 Å². The van der Waals surface area contributed by atoms with Crippen LogP contribution in [0.4, 0.5) is 4.79 Å². The van der Waals surface area contributed by atoms with Crippen molar-refractivity contribution in [3.63, 3.8) is 0 Å². The molecule has 28 heavy (non-hydrogen) atoms. The molecule has 2 unspecified atom stereocenters. The van der Waals surface area contributed by atoms with Gasteiger partial charge in [0.1, 0.15) is 0 Å². The van der Waals surface area contributed by atoms with E-state index in [1.165, 1.54) is 40.8 Å². The number of nitrogens with one attached hydrogen (secondary N) is 1. The molecule has 1 aromatic heterocycles. The van der Waals surface area contributed by atoms with Crippen LogP contribution in [0, 0.1) is 0 Å². The Hall–Kier alpha value is -1.85. The quantitative estimate of drug-likeness (QED) is 0.737. The fraction of sp³-hybridized carbons (Fsp3) is 0.522. The van der Waals surface area contributed by atoms with Crippen molar-refractivity contribution in [1.29, 1.82) is 0 Å². The Kier molecular flexibility index (Phi) is 6.33. The lowest BCUT2D eigenvalue weighted by Gasteiger charge is -2.27. The molecule has 4 nitrogen and oxygen atoms in total. The molecule has 0 bridgehead atoms. The summed E-state index contributed by atoms with van der Waals surface area (Å²) in [4.78, 5) is 16.2. The molecule has 0 radical (unpaired) electrons. The lowest BCUT2D eigenvalue weighted by Crippen LogP contribution is -2.44. The zero-order valence-electron chi connectivity index (χ0n) is 16.7. The van der Waals surface area contributed by atoms with Crippen molar-refractivity contribution in [1.82, 2.24) is 10.2 Å². The summed E-state index contributed by atoms with van der Waals surface area (Å²) in [6, 6.07) is 10.8. The van der Waals surface area contributed by atoms with Gasteiger partial charge in [-0.2, -0.15) is 0 Å². The van der Waals surface area contributed by atoms with Crippen LogP contribution in [0.5, 0.6) is 0 Å². The van der Waals surface area contributed by atoms with Crippen LogP contribution in [0.15, 0.2) is 35.7 Å². The molecular formula is C23H30N2O2S. The predicted molar refractivity (Wildman–Crippen MR) is 114 cm³/mol. The van der Waals surface area contributed by atoms with Gasteiger partial charge in [0.25, 0.3) is 0 Å². The first-order chi connectivity index (χ1) is 13.7. The van der Waals surface area contributed by atoms with Gasteiger partial charge in [-0.05, 0) is 73.6 Å². The number of hydrogen-bond acceptors (Lipinski definition) is 3. The summed E-state index contributed by atoms with van der Waals surface area (Å²) in [6.45, 7) is 4.18. The number of aryl methyl sites for hydroxylation is 2. The summed E-state index contributed by atoms with van der Waals surface area (Å²) < 4.78 is 5.79. The van der Waals surface area contributed by atoms with E-state index in [9.17, 15) is 4.79 Å². The maximum Gasteiger partial charge on any atom is 0.318 e. The molecule has 4 rings (SSSR count). The minimum Gasteiger partial charge on any atom is -0.376 e. The number of carbonyl (C=O) groups excluding carboxylic acids is 1. The molecule has 2 aliphatic rings. The van der Waals surface area contributed by atoms with Crippen LogP contribution < -0.4 is 5.32 Å². The van der Waals surface area contributed by atoms with Gasteiger partial charge in [0.15, 0.2) is 0 Å². The zero-order valence-corrected chi connectivity index (χ0v) is 17.5. The maximum atomic E-state index is 13.1. The number of nitrogens with zero attached hydrogens (tertiary/aromatic N) is 1. The number of rotatable bonds is 6. The van der Waals surface area contributed by atoms with E-state index in [2.05, 4.69) is 41.9 Å².